The summed E-state index contributed by atoms with van der Waals surface area (Å²) >= 11 is 7.49. The van der Waals surface area contributed by atoms with Crippen LogP contribution in [-0.2, 0) is 11.3 Å². The summed E-state index contributed by atoms with van der Waals surface area (Å²) in [6.07, 6.45) is 0.953. The number of rotatable bonds is 7. The Kier molecular flexibility index (Phi) is 6.26. The lowest BCUT2D eigenvalue weighted by atomic mass is 10.2. The lowest BCUT2D eigenvalue weighted by Crippen LogP contribution is -2.23. The van der Waals surface area contributed by atoms with Crippen LogP contribution < -0.4 is 11.1 Å². The van der Waals surface area contributed by atoms with E-state index >= 15 is 0 Å². The maximum Gasteiger partial charge on any atom is 0.248 e. The van der Waals surface area contributed by atoms with Crippen LogP contribution in [0, 0.1) is 0 Å². The van der Waals surface area contributed by atoms with Crippen LogP contribution in [0.2, 0.25) is 5.02 Å². The van der Waals surface area contributed by atoms with Crippen LogP contribution in [-0.4, -0.2) is 26.6 Å². The number of hydrogen-bond donors (Lipinski definition) is 2. The SMILES string of the molecule is CCCn1c(SC(C)C(=O)Nc2ccc(C(N)=O)cc2)nc2cc(Cl)ccc21. The number of carbonyl (C=O) groups excluding carboxylic acids is 2. The molecular weight excluding hydrogens is 396 g/mol. The molecule has 146 valence electrons. The van der Waals surface area contributed by atoms with Gasteiger partial charge in [0, 0.05) is 22.8 Å². The van der Waals surface area contributed by atoms with Crippen molar-refractivity contribution in [2.75, 3.05) is 5.32 Å². The van der Waals surface area contributed by atoms with Crippen molar-refractivity contribution in [3.63, 3.8) is 0 Å². The largest absolute Gasteiger partial charge is 0.366 e. The summed E-state index contributed by atoms with van der Waals surface area (Å²) in [7, 11) is 0. The predicted molar refractivity (Wildman–Crippen MR) is 114 cm³/mol. The second-order valence-corrected chi connectivity index (χ2v) is 8.11. The third-order valence-electron chi connectivity index (χ3n) is 4.21. The van der Waals surface area contributed by atoms with Crippen LogP contribution in [0.4, 0.5) is 5.69 Å². The normalized spacial score (nSPS) is 12.1. The van der Waals surface area contributed by atoms with E-state index in [4.69, 9.17) is 17.3 Å². The van der Waals surface area contributed by atoms with Crippen molar-refractivity contribution in [2.45, 2.75) is 37.2 Å². The number of carbonyl (C=O) groups is 2. The van der Waals surface area contributed by atoms with Crippen LogP contribution in [0.15, 0.2) is 47.6 Å². The van der Waals surface area contributed by atoms with Gasteiger partial charge in [0.25, 0.3) is 0 Å². The van der Waals surface area contributed by atoms with Crippen LogP contribution in [0.25, 0.3) is 11.0 Å². The number of hydrogen-bond acceptors (Lipinski definition) is 4. The maximum atomic E-state index is 12.6. The van der Waals surface area contributed by atoms with E-state index in [9.17, 15) is 9.59 Å². The van der Waals surface area contributed by atoms with E-state index in [0.29, 0.717) is 16.3 Å². The van der Waals surface area contributed by atoms with Gasteiger partial charge in [0.2, 0.25) is 11.8 Å². The first-order valence-electron chi connectivity index (χ1n) is 8.92. The van der Waals surface area contributed by atoms with E-state index in [1.54, 1.807) is 24.3 Å². The van der Waals surface area contributed by atoms with Gasteiger partial charge in [0.05, 0.1) is 16.3 Å². The van der Waals surface area contributed by atoms with Gasteiger partial charge >= 0.3 is 0 Å². The predicted octanol–water partition coefficient (Wildman–Crippen LogP) is 4.32. The number of amides is 2. The van der Waals surface area contributed by atoms with Crippen LogP contribution >= 0.6 is 23.4 Å². The van der Waals surface area contributed by atoms with Gasteiger partial charge in [0.1, 0.15) is 0 Å². The van der Waals surface area contributed by atoms with Gasteiger partial charge in [-0.1, -0.05) is 30.3 Å². The zero-order valence-corrected chi connectivity index (χ0v) is 17.2. The van der Waals surface area contributed by atoms with E-state index in [1.165, 1.54) is 11.8 Å². The molecule has 3 aromatic rings. The monoisotopic (exact) mass is 416 g/mol. The van der Waals surface area contributed by atoms with Crippen LogP contribution in [0.5, 0.6) is 0 Å². The first-order chi connectivity index (χ1) is 13.4. The first-order valence-corrected chi connectivity index (χ1v) is 10.2. The average Bonchev–Trinajstić information content (AvgIpc) is 2.98. The zero-order valence-electron chi connectivity index (χ0n) is 15.6. The molecular formula is C20H21ClN4O2S. The highest BCUT2D eigenvalue weighted by atomic mass is 35.5. The van der Waals surface area contributed by atoms with Gasteiger partial charge in [-0.25, -0.2) is 4.98 Å². The van der Waals surface area contributed by atoms with Crippen molar-refractivity contribution < 1.29 is 9.59 Å². The zero-order chi connectivity index (χ0) is 20.3. The average molecular weight is 417 g/mol. The maximum absolute atomic E-state index is 12.6. The summed E-state index contributed by atoms with van der Waals surface area (Å²) in [5.74, 6) is -0.651. The highest BCUT2D eigenvalue weighted by Crippen LogP contribution is 2.29. The molecule has 1 atom stereocenters. The van der Waals surface area contributed by atoms with E-state index in [2.05, 4.69) is 21.8 Å². The topological polar surface area (TPSA) is 90.0 Å². The Hall–Kier alpha value is -2.51. The molecule has 0 saturated carbocycles. The number of halogens is 1. The molecule has 2 amide bonds. The van der Waals surface area contributed by atoms with E-state index < -0.39 is 5.91 Å². The minimum Gasteiger partial charge on any atom is -0.366 e. The Balaban J connectivity index is 1.76. The Bertz CT molecular complexity index is 1020. The van der Waals surface area contributed by atoms with Crippen molar-refractivity contribution in [1.29, 1.82) is 0 Å². The van der Waals surface area contributed by atoms with Crippen LogP contribution in [0.3, 0.4) is 0 Å². The van der Waals surface area contributed by atoms with Gasteiger partial charge in [-0.2, -0.15) is 0 Å². The summed E-state index contributed by atoms with van der Waals surface area (Å²) in [6, 6.07) is 12.1. The van der Waals surface area contributed by atoms with Crippen molar-refractivity contribution >= 4 is 51.9 Å². The molecule has 28 heavy (non-hydrogen) atoms. The number of nitrogens with two attached hydrogens (primary N) is 1. The smallest absolute Gasteiger partial charge is 0.248 e. The lowest BCUT2D eigenvalue weighted by Gasteiger charge is -2.13. The number of anilines is 1. The van der Waals surface area contributed by atoms with E-state index in [0.717, 1.165) is 29.2 Å². The highest BCUT2D eigenvalue weighted by Gasteiger charge is 2.19. The van der Waals surface area contributed by atoms with Gasteiger partial charge < -0.3 is 15.6 Å². The van der Waals surface area contributed by atoms with Gasteiger partial charge in [0.15, 0.2) is 5.16 Å². The summed E-state index contributed by atoms with van der Waals surface area (Å²) in [6.45, 7) is 4.74. The Morgan fingerprint density at radius 3 is 2.61 bits per heavy atom. The number of thioether (sulfide) groups is 1. The number of primary amides is 1. The molecule has 8 heteroatoms. The number of benzene rings is 2. The molecule has 0 spiro atoms. The highest BCUT2D eigenvalue weighted by molar-refractivity contribution is 8.00. The molecule has 0 fully saturated rings. The molecule has 0 radical (unpaired) electrons. The number of imidazole rings is 1. The fourth-order valence-corrected chi connectivity index (χ4v) is 3.90. The minimum atomic E-state index is -0.503. The Morgan fingerprint density at radius 1 is 1.25 bits per heavy atom. The summed E-state index contributed by atoms with van der Waals surface area (Å²) in [5.41, 5.74) is 8.06. The summed E-state index contributed by atoms with van der Waals surface area (Å²) in [5, 5.41) is 3.91. The molecule has 0 aliphatic heterocycles. The number of fused-ring (bicyclic) bond motifs is 1. The number of aromatic nitrogens is 2. The number of nitrogens with one attached hydrogen (secondary N) is 1. The van der Waals surface area contributed by atoms with E-state index in [1.807, 2.05) is 25.1 Å². The summed E-state index contributed by atoms with van der Waals surface area (Å²) < 4.78 is 2.11. The van der Waals surface area contributed by atoms with Gasteiger partial charge in [-0.15, -0.1) is 0 Å². The summed E-state index contributed by atoms with van der Waals surface area (Å²) in [4.78, 5) is 28.4. The molecule has 0 aliphatic carbocycles. The molecule has 0 aliphatic rings. The van der Waals surface area contributed by atoms with Gasteiger partial charge in [-0.3, -0.25) is 9.59 Å². The minimum absolute atomic E-state index is 0.148. The van der Waals surface area contributed by atoms with Crippen LogP contribution in [0.1, 0.15) is 30.6 Å². The number of nitrogens with zero attached hydrogens (tertiary/aromatic N) is 2. The lowest BCUT2D eigenvalue weighted by molar-refractivity contribution is -0.115. The standard InChI is InChI=1S/C20H21ClN4O2S/c1-3-10-25-17-9-6-14(21)11-16(17)24-20(25)28-12(2)19(27)23-15-7-4-13(5-8-15)18(22)26/h4-9,11-12H,3,10H2,1-2H3,(H2,22,26)(H,23,27). The molecule has 1 aromatic heterocycles. The second kappa shape index (κ2) is 8.67. The molecule has 1 heterocycles. The fourth-order valence-electron chi connectivity index (χ4n) is 2.78. The number of aryl methyl sites for hydroxylation is 1. The molecule has 0 saturated heterocycles. The van der Waals surface area contributed by atoms with Crippen molar-refractivity contribution in [3.05, 3.63) is 53.1 Å². The Labute approximate surface area is 172 Å². The Morgan fingerprint density at radius 2 is 1.96 bits per heavy atom. The first kappa shape index (κ1) is 20.2. The third kappa shape index (κ3) is 4.48. The molecule has 1 unspecified atom stereocenters. The molecule has 0 bridgehead atoms. The van der Waals surface area contributed by atoms with Gasteiger partial charge in [-0.05, 0) is 55.8 Å². The van der Waals surface area contributed by atoms with E-state index in [-0.39, 0.29) is 11.2 Å². The third-order valence-corrected chi connectivity index (χ3v) is 5.54. The van der Waals surface area contributed by atoms with Crippen molar-refractivity contribution in [1.82, 2.24) is 9.55 Å². The quantitative estimate of drug-likeness (QED) is 0.561. The van der Waals surface area contributed by atoms with Crippen molar-refractivity contribution in [2.24, 2.45) is 5.73 Å². The second-order valence-electron chi connectivity index (χ2n) is 6.37. The molecule has 6 nitrogen and oxygen atoms in total. The van der Waals surface area contributed by atoms with Crippen molar-refractivity contribution in [3.8, 4) is 0 Å². The molecule has 3 rings (SSSR count). The molecule has 2 aromatic carbocycles. The molecule has 3 N–H and O–H groups in total. The fraction of sp³-hybridized carbons (Fsp3) is 0.250.